The van der Waals surface area contributed by atoms with Crippen molar-refractivity contribution in [3.8, 4) is 0 Å². The molecule has 3 rings (SSSR count). The molecule has 1 fully saturated rings. The summed E-state index contributed by atoms with van der Waals surface area (Å²) in [5, 5.41) is 13.2. The maximum atomic E-state index is 12.3. The number of hydrogen-bond acceptors (Lipinski definition) is 8. The lowest BCUT2D eigenvalue weighted by Crippen LogP contribution is -2.36. The quantitative estimate of drug-likeness (QED) is 0.447. The lowest BCUT2D eigenvalue weighted by molar-refractivity contribution is -0.380. The molecule has 0 unspecified atom stereocenters. The number of rotatable bonds is 6. The first-order valence-electron chi connectivity index (χ1n) is 8.63. The molecule has 1 atom stereocenters. The highest BCUT2D eigenvalue weighted by atomic mass is 32.1. The van der Waals surface area contributed by atoms with Crippen LogP contribution in [-0.4, -0.2) is 49.2 Å². The second kappa shape index (κ2) is 8.81. The van der Waals surface area contributed by atoms with Crippen LogP contribution in [0.5, 0.6) is 0 Å². The van der Waals surface area contributed by atoms with Gasteiger partial charge in [-0.3, -0.25) is 14.9 Å². The van der Waals surface area contributed by atoms with E-state index in [4.69, 9.17) is 9.47 Å². The fourth-order valence-corrected chi connectivity index (χ4v) is 3.33. The summed E-state index contributed by atoms with van der Waals surface area (Å²) in [6, 6.07) is 9.90. The Balaban J connectivity index is 1.54. The minimum absolute atomic E-state index is 0.0706. The first-order valence-corrected chi connectivity index (χ1v) is 9.44. The molecule has 1 amide bonds. The molecule has 28 heavy (non-hydrogen) atoms. The maximum Gasteiger partial charge on any atom is 0.349 e. The second-order valence-electron chi connectivity index (χ2n) is 6.08. The van der Waals surface area contributed by atoms with Crippen molar-refractivity contribution >= 4 is 39.6 Å². The Labute approximate surface area is 165 Å². The molecule has 9 nitrogen and oxygen atoms in total. The number of hydrogen-bond donors (Lipinski definition) is 1. The number of benzene rings is 1. The van der Waals surface area contributed by atoms with E-state index in [-0.39, 0.29) is 9.88 Å². The number of nitro groups is 1. The Morgan fingerprint density at radius 2 is 1.89 bits per heavy atom. The van der Waals surface area contributed by atoms with Crippen molar-refractivity contribution in [2.75, 3.05) is 36.5 Å². The topological polar surface area (TPSA) is 111 Å². The fraction of sp³-hybridized carbons (Fsp3) is 0.333. The molecule has 1 aromatic heterocycles. The van der Waals surface area contributed by atoms with Crippen molar-refractivity contribution in [2.24, 2.45) is 0 Å². The number of anilines is 2. The van der Waals surface area contributed by atoms with E-state index in [1.54, 1.807) is 12.1 Å². The smallest absolute Gasteiger partial charge is 0.349 e. The second-order valence-corrected chi connectivity index (χ2v) is 7.14. The Morgan fingerprint density at radius 1 is 1.21 bits per heavy atom. The number of morpholine rings is 1. The molecular weight excluding hydrogens is 386 g/mol. The molecule has 0 aliphatic carbocycles. The predicted octanol–water partition coefficient (Wildman–Crippen LogP) is 2.68. The van der Waals surface area contributed by atoms with E-state index in [1.165, 1.54) is 19.1 Å². The predicted molar refractivity (Wildman–Crippen MR) is 104 cm³/mol. The van der Waals surface area contributed by atoms with Crippen LogP contribution in [0.15, 0.2) is 36.4 Å². The van der Waals surface area contributed by atoms with Gasteiger partial charge in [0.1, 0.15) is 4.88 Å². The van der Waals surface area contributed by atoms with Crippen molar-refractivity contribution in [2.45, 2.75) is 13.0 Å². The summed E-state index contributed by atoms with van der Waals surface area (Å²) < 4.78 is 10.4. The van der Waals surface area contributed by atoms with Gasteiger partial charge in [0.15, 0.2) is 6.10 Å². The van der Waals surface area contributed by atoms with Crippen LogP contribution in [0.4, 0.5) is 16.4 Å². The average molecular weight is 405 g/mol. The van der Waals surface area contributed by atoms with Crippen LogP contribution in [0.1, 0.15) is 16.6 Å². The van der Waals surface area contributed by atoms with Gasteiger partial charge in [0, 0.05) is 30.5 Å². The molecule has 0 saturated carbocycles. The van der Waals surface area contributed by atoms with Crippen molar-refractivity contribution < 1.29 is 24.0 Å². The van der Waals surface area contributed by atoms with Gasteiger partial charge >= 0.3 is 11.0 Å². The lowest BCUT2D eigenvalue weighted by atomic mass is 10.2. The summed E-state index contributed by atoms with van der Waals surface area (Å²) in [5.41, 5.74) is 1.62. The minimum atomic E-state index is -1.05. The lowest BCUT2D eigenvalue weighted by Gasteiger charge is -2.28. The normalized spacial score (nSPS) is 15.0. The van der Waals surface area contributed by atoms with Crippen LogP contribution < -0.4 is 10.2 Å². The first-order chi connectivity index (χ1) is 13.4. The van der Waals surface area contributed by atoms with E-state index in [9.17, 15) is 19.7 Å². The number of amides is 1. The molecule has 1 aromatic carbocycles. The number of carbonyl (C=O) groups is 2. The van der Waals surface area contributed by atoms with Crippen LogP contribution in [0, 0.1) is 10.1 Å². The first kappa shape index (κ1) is 19.8. The molecule has 1 aliphatic heterocycles. The Kier molecular flexibility index (Phi) is 6.22. The van der Waals surface area contributed by atoms with Gasteiger partial charge < -0.3 is 19.7 Å². The number of nitrogens with one attached hydrogen (secondary N) is 1. The molecular formula is C18H19N3O6S. The zero-order valence-corrected chi connectivity index (χ0v) is 15.9. The number of nitrogens with zero attached hydrogens (tertiary/aromatic N) is 2. The molecule has 0 radical (unpaired) electrons. The zero-order valence-electron chi connectivity index (χ0n) is 15.1. The third kappa shape index (κ3) is 4.84. The highest BCUT2D eigenvalue weighted by Crippen LogP contribution is 2.25. The van der Waals surface area contributed by atoms with Gasteiger partial charge in [-0.2, -0.15) is 0 Å². The summed E-state index contributed by atoms with van der Waals surface area (Å²) in [6.45, 7) is 4.46. The number of ether oxygens (including phenoxy) is 2. The van der Waals surface area contributed by atoms with E-state index in [1.807, 2.05) is 12.1 Å². The number of esters is 1. The van der Waals surface area contributed by atoms with E-state index < -0.39 is 22.9 Å². The monoisotopic (exact) mass is 405 g/mol. The Morgan fingerprint density at radius 3 is 2.50 bits per heavy atom. The van der Waals surface area contributed by atoms with Crippen LogP contribution in [0.2, 0.25) is 0 Å². The number of thiophene rings is 1. The third-order valence-electron chi connectivity index (χ3n) is 4.14. The van der Waals surface area contributed by atoms with E-state index >= 15 is 0 Å². The zero-order chi connectivity index (χ0) is 20.1. The largest absolute Gasteiger partial charge is 0.448 e. The van der Waals surface area contributed by atoms with Gasteiger partial charge in [-0.1, -0.05) is 11.3 Å². The third-order valence-corrected chi connectivity index (χ3v) is 5.15. The summed E-state index contributed by atoms with van der Waals surface area (Å²) in [7, 11) is 0. The molecule has 1 aliphatic rings. The molecule has 0 bridgehead atoms. The maximum absolute atomic E-state index is 12.3. The van der Waals surface area contributed by atoms with Crippen molar-refractivity contribution in [3.05, 3.63) is 51.4 Å². The van der Waals surface area contributed by atoms with Gasteiger partial charge in [0.25, 0.3) is 5.91 Å². The summed E-state index contributed by atoms with van der Waals surface area (Å²) >= 11 is 0.703. The molecule has 148 valence electrons. The van der Waals surface area contributed by atoms with Crippen LogP contribution in [-0.2, 0) is 14.3 Å². The fourth-order valence-electron chi connectivity index (χ4n) is 2.63. The Bertz CT molecular complexity index is 860. The van der Waals surface area contributed by atoms with Crippen molar-refractivity contribution in [3.63, 3.8) is 0 Å². The molecule has 2 aromatic rings. The van der Waals surface area contributed by atoms with E-state index in [0.717, 1.165) is 18.8 Å². The number of carbonyl (C=O) groups excluding carboxylic acids is 2. The summed E-state index contributed by atoms with van der Waals surface area (Å²) in [4.78, 5) is 36.7. The van der Waals surface area contributed by atoms with Crippen LogP contribution in [0.3, 0.4) is 0 Å². The van der Waals surface area contributed by atoms with E-state index in [2.05, 4.69) is 10.2 Å². The van der Waals surface area contributed by atoms with Gasteiger partial charge in [-0.15, -0.1) is 0 Å². The van der Waals surface area contributed by atoms with E-state index in [0.29, 0.717) is 30.2 Å². The standard InChI is InChI=1S/C18H19N3O6S/c1-12(27-18(23)15-6-7-16(28-15)21(24)25)17(22)19-13-2-4-14(5-3-13)20-8-10-26-11-9-20/h2-7,12H,8-11H2,1H3,(H,19,22)/t12-/m1/s1. The average Bonchev–Trinajstić information content (AvgIpc) is 3.20. The van der Waals surface area contributed by atoms with Crippen molar-refractivity contribution in [1.82, 2.24) is 0 Å². The highest BCUT2D eigenvalue weighted by Gasteiger charge is 2.22. The highest BCUT2D eigenvalue weighted by molar-refractivity contribution is 7.17. The molecule has 1 saturated heterocycles. The van der Waals surface area contributed by atoms with Gasteiger partial charge in [-0.25, -0.2) is 4.79 Å². The molecule has 10 heteroatoms. The minimum Gasteiger partial charge on any atom is -0.448 e. The van der Waals surface area contributed by atoms with Crippen LogP contribution >= 0.6 is 11.3 Å². The molecule has 2 heterocycles. The summed E-state index contributed by atoms with van der Waals surface area (Å²) in [5.74, 6) is -1.26. The van der Waals surface area contributed by atoms with Crippen LogP contribution in [0.25, 0.3) is 0 Å². The van der Waals surface area contributed by atoms with Gasteiger partial charge in [0.05, 0.1) is 18.1 Å². The van der Waals surface area contributed by atoms with Gasteiger partial charge in [-0.05, 0) is 37.3 Å². The molecule has 1 N–H and O–H groups in total. The van der Waals surface area contributed by atoms with Gasteiger partial charge in [0.2, 0.25) is 0 Å². The molecule has 0 spiro atoms. The Hall–Kier alpha value is -2.98. The van der Waals surface area contributed by atoms with Crippen molar-refractivity contribution in [1.29, 1.82) is 0 Å². The SMILES string of the molecule is C[C@@H](OC(=O)c1ccc([N+](=O)[O-])s1)C(=O)Nc1ccc(N2CCOCC2)cc1. The summed E-state index contributed by atoms with van der Waals surface area (Å²) in [6.07, 6.45) is -1.05.